The number of carbonyl (C=O) groups is 2. The fraction of sp³-hybridized carbons (Fsp3) is 0.667. The summed E-state index contributed by atoms with van der Waals surface area (Å²) in [5.41, 5.74) is 5.27. The first kappa shape index (κ1) is 16.3. The fourth-order valence-corrected chi connectivity index (χ4v) is 3.60. The minimum Gasteiger partial charge on any atom is -0.480 e. The molecule has 0 bridgehead atoms. The van der Waals surface area contributed by atoms with Gasteiger partial charge >= 0.3 is 11.9 Å². The first-order valence-electron chi connectivity index (χ1n) is 4.00. The van der Waals surface area contributed by atoms with E-state index in [1.54, 1.807) is 0 Å². The highest BCUT2D eigenvalue weighted by molar-refractivity contribution is 8.76. The molecule has 0 aromatic carbocycles. The third-order valence-electron chi connectivity index (χ3n) is 1.38. The van der Waals surface area contributed by atoms with Crippen LogP contribution in [-0.4, -0.2) is 45.7 Å². The van der Waals surface area contributed by atoms with E-state index >= 15 is 0 Å². The average Bonchev–Trinajstić information content (AvgIpc) is 2.21. The van der Waals surface area contributed by atoms with Gasteiger partial charge in [-0.3, -0.25) is 9.59 Å². The van der Waals surface area contributed by atoms with Crippen molar-refractivity contribution in [2.45, 2.75) is 12.1 Å². The van der Waals surface area contributed by atoms with Gasteiger partial charge in [-0.2, -0.15) is 0 Å². The van der Waals surface area contributed by atoms with Gasteiger partial charge in [0.2, 0.25) is 0 Å². The van der Waals surface area contributed by atoms with Crippen LogP contribution in [0.4, 0.5) is 0 Å². The summed E-state index contributed by atoms with van der Waals surface area (Å²) in [6, 6.07) is -1.64. The number of carboxylic acid groups (broad SMARTS) is 2. The summed E-state index contributed by atoms with van der Waals surface area (Å²) in [6.07, 6.45) is 0. The van der Waals surface area contributed by atoms with Crippen molar-refractivity contribution in [3.63, 3.8) is 0 Å². The van der Waals surface area contributed by atoms with Crippen molar-refractivity contribution in [2.24, 2.45) is 5.73 Å². The highest BCUT2D eigenvalue weighted by Crippen LogP contribution is 2.23. The van der Waals surface area contributed by atoms with Gasteiger partial charge < -0.3 is 15.9 Å². The van der Waals surface area contributed by atoms with Crippen molar-refractivity contribution in [1.82, 2.24) is 4.72 Å². The second-order valence-corrected chi connectivity index (χ2v) is 6.13. The smallest absolute Gasteiger partial charge is 0.322 e. The Morgan fingerprint density at radius 2 is 1.81 bits per heavy atom. The van der Waals surface area contributed by atoms with Crippen molar-refractivity contribution in [1.29, 1.82) is 0 Å². The number of aliphatic carboxylic acids is 2. The second-order valence-electron chi connectivity index (χ2n) is 2.61. The first-order valence-corrected chi connectivity index (χ1v) is 8.36. The minimum absolute atomic E-state index is 0.236. The van der Waals surface area contributed by atoms with Crippen LogP contribution < -0.4 is 10.5 Å². The topological polar surface area (TPSA) is 113 Å². The fourth-order valence-electron chi connectivity index (χ4n) is 0.528. The van der Waals surface area contributed by atoms with E-state index in [0.29, 0.717) is 5.75 Å². The lowest BCUT2D eigenvalue weighted by atomic mass is 10.4. The largest absolute Gasteiger partial charge is 0.480 e. The SMILES string of the molecule is NC(CSSC[C@H](NSS)C(=O)O)C(=O)O. The molecule has 0 aliphatic carbocycles. The molecule has 2 atom stereocenters. The van der Waals surface area contributed by atoms with Gasteiger partial charge in [-0.05, 0) is 11.0 Å². The van der Waals surface area contributed by atoms with Crippen LogP contribution in [0.5, 0.6) is 0 Å². The minimum atomic E-state index is -1.06. The molecule has 0 aromatic heterocycles. The third kappa shape index (κ3) is 7.52. The molecule has 0 aromatic rings. The Hall–Kier alpha value is 0.260. The molecule has 6 nitrogen and oxygen atoms in total. The Morgan fingerprint density at radius 1 is 1.25 bits per heavy atom. The van der Waals surface area contributed by atoms with E-state index in [-0.39, 0.29) is 5.75 Å². The molecular weight excluding hydrogens is 292 g/mol. The second kappa shape index (κ2) is 9.31. The molecule has 0 spiro atoms. The number of nitrogens with one attached hydrogen (secondary N) is 1. The molecule has 10 heteroatoms. The Morgan fingerprint density at radius 3 is 2.25 bits per heavy atom. The summed E-state index contributed by atoms with van der Waals surface area (Å²) in [7, 11) is 3.42. The first-order chi connectivity index (χ1) is 7.49. The van der Waals surface area contributed by atoms with Crippen molar-refractivity contribution in [2.75, 3.05) is 11.5 Å². The highest BCUT2D eigenvalue weighted by atomic mass is 33.1. The van der Waals surface area contributed by atoms with E-state index in [1.165, 1.54) is 21.6 Å². The third-order valence-corrected chi connectivity index (χ3v) is 4.53. The van der Waals surface area contributed by atoms with Crippen molar-refractivity contribution < 1.29 is 19.8 Å². The maximum atomic E-state index is 10.7. The van der Waals surface area contributed by atoms with Crippen LogP contribution in [0.3, 0.4) is 0 Å². The number of hydrogen-bond acceptors (Lipinski definition) is 8. The lowest BCUT2D eigenvalue weighted by molar-refractivity contribution is -0.139. The predicted molar refractivity (Wildman–Crippen MR) is 71.7 cm³/mol. The summed E-state index contributed by atoms with van der Waals surface area (Å²) in [5, 5.41) is 17.2. The van der Waals surface area contributed by atoms with Crippen LogP contribution in [-0.2, 0) is 9.59 Å². The summed E-state index contributed by atoms with van der Waals surface area (Å²) in [4.78, 5) is 21.0. The standard InChI is InChI=1S/C6H12N2O4S4/c7-3(5(9)10)1-14-15-2-4(6(11)12)8-16-13/h3-4,8,13H,1-2,7H2,(H,9,10)(H,11,12)/t3?,4-/m0/s1. The lowest BCUT2D eigenvalue weighted by Gasteiger charge is -2.11. The molecule has 5 N–H and O–H groups in total. The van der Waals surface area contributed by atoms with Gasteiger partial charge in [-0.25, -0.2) is 4.72 Å². The van der Waals surface area contributed by atoms with Gasteiger partial charge in [-0.1, -0.05) is 33.2 Å². The normalized spacial score (nSPS) is 14.4. The number of rotatable bonds is 9. The Bertz CT molecular complexity index is 243. The maximum Gasteiger partial charge on any atom is 0.322 e. The van der Waals surface area contributed by atoms with Crippen LogP contribution in [0.25, 0.3) is 0 Å². The Labute approximate surface area is 110 Å². The maximum absolute atomic E-state index is 10.7. The summed E-state index contributed by atoms with van der Waals surface area (Å²) >= 11 is 3.79. The zero-order valence-corrected chi connectivity index (χ0v) is 11.4. The highest BCUT2D eigenvalue weighted by Gasteiger charge is 2.17. The number of nitrogens with two attached hydrogens (primary N) is 1. The molecule has 1 unspecified atom stereocenters. The van der Waals surface area contributed by atoms with Gasteiger partial charge in [0, 0.05) is 11.5 Å². The quantitative estimate of drug-likeness (QED) is 0.178. The zero-order chi connectivity index (χ0) is 12.6. The van der Waals surface area contributed by atoms with Gasteiger partial charge in [0.15, 0.2) is 0 Å². The molecule has 0 rings (SSSR count). The van der Waals surface area contributed by atoms with Gasteiger partial charge in [0.25, 0.3) is 0 Å². The molecule has 0 heterocycles. The molecule has 0 aliphatic heterocycles. The van der Waals surface area contributed by atoms with Crippen molar-refractivity contribution in [3.05, 3.63) is 0 Å². The van der Waals surface area contributed by atoms with Gasteiger partial charge in [-0.15, -0.1) is 0 Å². The van der Waals surface area contributed by atoms with Crippen LogP contribution in [0.15, 0.2) is 0 Å². The molecule has 0 radical (unpaired) electrons. The molecule has 94 valence electrons. The summed E-state index contributed by atoms with van der Waals surface area (Å²) in [5.74, 6) is -1.50. The molecule has 0 fully saturated rings. The Kier molecular flexibility index (Phi) is 9.46. The lowest BCUT2D eigenvalue weighted by Crippen LogP contribution is -2.34. The molecule has 16 heavy (non-hydrogen) atoms. The monoisotopic (exact) mass is 304 g/mol. The predicted octanol–water partition coefficient (Wildman–Crippen LogP) is 0.315. The van der Waals surface area contributed by atoms with Crippen molar-refractivity contribution >= 4 is 56.2 Å². The van der Waals surface area contributed by atoms with Gasteiger partial charge in [0.1, 0.15) is 12.1 Å². The molecular formula is C6H12N2O4S4. The van der Waals surface area contributed by atoms with Crippen LogP contribution >= 0.6 is 44.2 Å². The van der Waals surface area contributed by atoms with E-state index < -0.39 is 24.0 Å². The number of thiol groups is 1. The number of carboxylic acids is 2. The molecule has 0 saturated heterocycles. The summed E-state index contributed by atoms with van der Waals surface area (Å²) < 4.78 is 2.59. The van der Waals surface area contributed by atoms with Crippen LogP contribution in [0, 0.1) is 0 Å². The van der Waals surface area contributed by atoms with Gasteiger partial charge in [0.05, 0.1) is 0 Å². The van der Waals surface area contributed by atoms with E-state index in [0.717, 1.165) is 11.0 Å². The van der Waals surface area contributed by atoms with Crippen LogP contribution in [0.1, 0.15) is 0 Å². The molecule has 0 aliphatic rings. The summed E-state index contributed by atoms with van der Waals surface area (Å²) in [6.45, 7) is 0. The Balaban J connectivity index is 3.70. The number of hydrogen-bond donors (Lipinski definition) is 5. The average molecular weight is 304 g/mol. The van der Waals surface area contributed by atoms with E-state index in [4.69, 9.17) is 15.9 Å². The van der Waals surface area contributed by atoms with Crippen LogP contribution in [0.2, 0.25) is 0 Å². The van der Waals surface area contributed by atoms with E-state index in [9.17, 15) is 9.59 Å². The van der Waals surface area contributed by atoms with E-state index in [2.05, 4.69) is 16.4 Å². The van der Waals surface area contributed by atoms with Crippen molar-refractivity contribution in [3.8, 4) is 0 Å². The molecule has 0 saturated carbocycles. The molecule has 0 amide bonds. The zero-order valence-electron chi connectivity index (χ0n) is 8.03. The van der Waals surface area contributed by atoms with E-state index in [1.807, 2.05) is 0 Å².